The first kappa shape index (κ1) is 20.2. The first-order chi connectivity index (χ1) is 13.3. The molecule has 3 rings (SSSR count). The van der Waals surface area contributed by atoms with Gasteiger partial charge in [-0.1, -0.05) is 12.1 Å². The monoisotopic (exact) mass is 387 g/mol. The standard InChI is InChI=1S/C21H29N3O4/c1-14-5-3-7-18(11-14)22-21(28)23-10-4-6-16(12-23)19(25)24-13-17(20(26)27)9-8-15(24)2/h3,5,7,11,15-17H,4,6,8-10,12-13H2,1-2H3,(H,22,28)(H,26,27). The van der Waals surface area contributed by atoms with Crippen LogP contribution < -0.4 is 5.32 Å². The number of aryl methyl sites for hydroxylation is 1. The highest BCUT2D eigenvalue weighted by molar-refractivity contribution is 5.90. The lowest BCUT2D eigenvalue weighted by Gasteiger charge is -2.40. The van der Waals surface area contributed by atoms with Crippen LogP contribution in [0.15, 0.2) is 24.3 Å². The third kappa shape index (κ3) is 4.64. The van der Waals surface area contributed by atoms with Crippen molar-refractivity contribution in [1.29, 1.82) is 0 Å². The number of amides is 3. The molecule has 2 heterocycles. The van der Waals surface area contributed by atoms with Gasteiger partial charge in [-0.2, -0.15) is 0 Å². The number of aliphatic carboxylic acids is 1. The first-order valence-electron chi connectivity index (χ1n) is 10.0. The number of piperidine rings is 2. The lowest BCUT2D eigenvalue weighted by molar-refractivity contribution is -0.149. The predicted octanol–water partition coefficient (Wildman–Crippen LogP) is 2.95. The molecule has 3 amide bonds. The second-order valence-corrected chi connectivity index (χ2v) is 8.04. The molecule has 0 bridgehead atoms. The molecule has 0 radical (unpaired) electrons. The molecule has 1 aromatic carbocycles. The zero-order chi connectivity index (χ0) is 20.3. The summed E-state index contributed by atoms with van der Waals surface area (Å²) in [4.78, 5) is 40.5. The molecule has 7 nitrogen and oxygen atoms in total. The minimum Gasteiger partial charge on any atom is -0.481 e. The maximum absolute atomic E-state index is 13.1. The van der Waals surface area contributed by atoms with Gasteiger partial charge in [-0.05, 0) is 57.2 Å². The summed E-state index contributed by atoms with van der Waals surface area (Å²) in [5.41, 5.74) is 1.81. The number of carboxylic acid groups (broad SMARTS) is 1. The van der Waals surface area contributed by atoms with Gasteiger partial charge >= 0.3 is 12.0 Å². The van der Waals surface area contributed by atoms with Crippen molar-refractivity contribution in [1.82, 2.24) is 9.80 Å². The van der Waals surface area contributed by atoms with Crippen LogP contribution in [0.5, 0.6) is 0 Å². The molecular formula is C21H29N3O4. The predicted molar refractivity (Wildman–Crippen MR) is 106 cm³/mol. The molecule has 1 aromatic rings. The zero-order valence-corrected chi connectivity index (χ0v) is 16.6. The van der Waals surface area contributed by atoms with Crippen LogP contribution >= 0.6 is 0 Å². The van der Waals surface area contributed by atoms with Gasteiger partial charge in [-0.3, -0.25) is 9.59 Å². The molecule has 152 valence electrons. The average molecular weight is 387 g/mol. The SMILES string of the molecule is Cc1cccc(NC(=O)N2CCCC(C(=O)N3CC(C(=O)O)CCC3C)C2)c1. The Morgan fingerprint density at radius 2 is 1.89 bits per heavy atom. The number of nitrogens with one attached hydrogen (secondary N) is 1. The summed E-state index contributed by atoms with van der Waals surface area (Å²) < 4.78 is 0. The molecule has 0 saturated carbocycles. The normalized spacial score (nSPS) is 25.3. The number of urea groups is 1. The molecule has 7 heteroatoms. The summed E-state index contributed by atoms with van der Waals surface area (Å²) in [6.45, 7) is 5.20. The van der Waals surface area contributed by atoms with E-state index in [0.717, 1.165) is 24.1 Å². The fourth-order valence-corrected chi connectivity index (χ4v) is 4.14. The van der Waals surface area contributed by atoms with Gasteiger partial charge in [0.2, 0.25) is 5.91 Å². The van der Waals surface area contributed by atoms with Crippen LogP contribution in [0.2, 0.25) is 0 Å². The number of hydrogen-bond donors (Lipinski definition) is 2. The Balaban J connectivity index is 1.62. The number of anilines is 1. The second-order valence-electron chi connectivity index (χ2n) is 8.04. The van der Waals surface area contributed by atoms with E-state index in [9.17, 15) is 19.5 Å². The van der Waals surface area contributed by atoms with Crippen LogP contribution in [0.4, 0.5) is 10.5 Å². The third-order valence-corrected chi connectivity index (χ3v) is 5.84. The summed E-state index contributed by atoms with van der Waals surface area (Å²) >= 11 is 0. The number of nitrogens with zero attached hydrogens (tertiary/aromatic N) is 2. The molecule has 28 heavy (non-hydrogen) atoms. The van der Waals surface area contributed by atoms with E-state index in [-0.39, 0.29) is 30.4 Å². The Morgan fingerprint density at radius 1 is 1.11 bits per heavy atom. The van der Waals surface area contributed by atoms with Gasteiger partial charge in [0, 0.05) is 31.4 Å². The quantitative estimate of drug-likeness (QED) is 0.834. The van der Waals surface area contributed by atoms with Gasteiger partial charge < -0.3 is 20.2 Å². The first-order valence-corrected chi connectivity index (χ1v) is 10.0. The van der Waals surface area contributed by atoms with Crippen molar-refractivity contribution in [3.8, 4) is 0 Å². The van der Waals surface area contributed by atoms with Crippen molar-refractivity contribution < 1.29 is 19.5 Å². The molecular weight excluding hydrogens is 358 g/mol. The van der Waals surface area contributed by atoms with E-state index in [0.29, 0.717) is 25.9 Å². The van der Waals surface area contributed by atoms with Gasteiger partial charge in [0.1, 0.15) is 0 Å². The molecule has 2 aliphatic rings. The molecule has 0 aromatic heterocycles. The summed E-state index contributed by atoms with van der Waals surface area (Å²) in [6, 6.07) is 7.46. The van der Waals surface area contributed by atoms with Crippen molar-refractivity contribution in [2.75, 3.05) is 25.0 Å². The summed E-state index contributed by atoms with van der Waals surface area (Å²) in [5, 5.41) is 12.2. The topological polar surface area (TPSA) is 90.0 Å². The number of carbonyl (C=O) groups is 3. The lowest BCUT2D eigenvalue weighted by Crippen LogP contribution is -2.53. The molecule has 2 N–H and O–H groups in total. The van der Waals surface area contributed by atoms with Crippen LogP contribution in [-0.4, -0.2) is 58.5 Å². The Morgan fingerprint density at radius 3 is 2.61 bits per heavy atom. The number of hydrogen-bond acceptors (Lipinski definition) is 3. The van der Waals surface area contributed by atoms with E-state index in [1.165, 1.54) is 0 Å². The van der Waals surface area contributed by atoms with Crippen molar-refractivity contribution >= 4 is 23.6 Å². The molecule has 0 spiro atoms. The molecule has 0 aliphatic carbocycles. The van der Waals surface area contributed by atoms with Crippen LogP contribution in [0.3, 0.4) is 0 Å². The number of carboxylic acids is 1. The average Bonchev–Trinajstić information content (AvgIpc) is 2.67. The largest absolute Gasteiger partial charge is 0.481 e. The van der Waals surface area contributed by atoms with Gasteiger partial charge in [-0.15, -0.1) is 0 Å². The van der Waals surface area contributed by atoms with Crippen LogP contribution in [0, 0.1) is 18.8 Å². The van der Waals surface area contributed by atoms with Crippen LogP contribution in [0.25, 0.3) is 0 Å². The molecule has 3 atom stereocenters. The Bertz CT molecular complexity index is 751. The minimum absolute atomic E-state index is 0.0218. The van der Waals surface area contributed by atoms with E-state index >= 15 is 0 Å². The number of carbonyl (C=O) groups excluding carboxylic acids is 2. The maximum Gasteiger partial charge on any atom is 0.321 e. The van der Waals surface area contributed by atoms with E-state index in [1.54, 1.807) is 9.80 Å². The molecule has 2 fully saturated rings. The number of likely N-dealkylation sites (tertiary alicyclic amines) is 2. The van der Waals surface area contributed by atoms with Crippen LogP contribution in [0.1, 0.15) is 38.2 Å². The maximum atomic E-state index is 13.1. The smallest absolute Gasteiger partial charge is 0.321 e. The molecule has 2 aliphatic heterocycles. The highest BCUT2D eigenvalue weighted by Crippen LogP contribution is 2.27. The zero-order valence-electron chi connectivity index (χ0n) is 16.6. The Hall–Kier alpha value is -2.57. The summed E-state index contributed by atoms with van der Waals surface area (Å²) in [5.74, 6) is -1.63. The van der Waals surface area contributed by atoms with E-state index < -0.39 is 11.9 Å². The van der Waals surface area contributed by atoms with Crippen molar-refractivity contribution in [3.63, 3.8) is 0 Å². The van der Waals surface area contributed by atoms with E-state index in [4.69, 9.17) is 0 Å². The van der Waals surface area contributed by atoms with Crippen LogP contribution in [-0.2, 0) is 9.59 Å². The summed E-state index contributed by atoms with van der Waals surface area (Å²) in [7, 11) is 0. The highest BCUT2D eigenvalue weighted by Gasteiger charge is 2.37. The van der Waals surface area contributed by atoms with Gasteiger partial charge in [0.15, 0.2) is 0 Å². The molecule has 2 saturated heterocycles. The Kier molecular flexibility index (Phi) is 6.21. The number of rotatable bonds is 3. The molecule has 3 unspecified atom stereocenters. The van der Waals surface area contributed by atoms with Crippen molar-refractivity contribution in [2.45, 2.75) is 45.6 Å². The van der Waals surface area contributed by atoms with E-state index in [1.807, 2.05) is 38.1 Å². The van der Waals surface area contributed by atoms with Gasteiger partial charge in [0.05, 0.1) is 11.8 Å². The minimum atomic E-state index is -0.840. The number of benzene rings is 1. The van der Waals surface area contributed by atoms with Crippen molar-refractivity contribution in [2.24, 2.45) is 11.8 Å². The fourth-order valence-electron chi connectivity index (χ4n) is 4.14. The summed E-state index contributed by atoms with van der Waals surface area (Å²) in [6.07, 6.45) is 2.80. The highest BCUT2D eigenvalue weighted by atomic mass is 16.4. The third-order valence-electron chi connectivity index (χ3n) is 5.84. The fraction of sp³-hybridized carbons (Fsp3) is 0.571. The van der Waals surface area contributed by atoms with Gasteiger partial charge in [-0.25, -0.2) is 4.79 Å². The van der Waals surface area contributed by atoms with Gasteiger partial charge in [0.25, 0.3) is 0 Å². The Labute approximate surface area is 165 Å². The second kappa shape index (κ2) is 8.63. The van der Waals surface area contributed by atoms with Crippen molar-refractivity contribution in [3.05, 3.63) is 29.8 Å². The van der Waals surface area contributed by atoms with E-state index in [2.05, 4.69) is 5.32 Å². The lowest BCUT2D eigenvalue weighted by atomic mass is 9.90.